The molecule has 1 fully saturated rings. The van der Waals surface area contributed by atoms with E-state index in [1.54, 1.807) is 0 Å². The maximum atomic E-state index is 11.3. The summed E-state index contributed by atoms with van der Waals surface area (Å²) in [6, 6.07) is 0. The molecule has 1 saturated carbocycles. The first-order valence-electron chi connectivity index (χ1n) is 6.91. The summed E-state index contributed by atoms with van der Waals surface area (Å²) in [4.78, 5) is 11.3. The lowest BCUT2D eigenvalue weighted by atomic mass is 9.86. The molecule has 0 spiro atoms. The van der Waals surface area contributed by atoms with Gasteiger partial charge in [-0.3, -0.25) is 4.79 Å². The van der Waals surface area contributed by atoms with Crippen LogP contribution in [0.3, 0.4) is 0 Å². The van der Waals surface area contributed by atoms with Crippen molar-refractivity contribution in [1.29, 1.82) is 0 Å². The van der Waals surface area contributed by atoms with Gasteiger partial charge in [0.15, 0.2) is 0 Å². The van der Waals surface area contributed by atoms with Gasteiger partial charge in [0.25, 0.3) is 0 Å². The molecule has 1 nitrogen and oxygen atoms in total. The van der Waals surface area contributed by atoms with Crippen molar-refractivity contribution >= 4 is 5.78 Å². The van der Waals surface area contributed by atoms with Crippen LogP contribution in [-0.4, -0.2) is 5.78 Å². The lowest BCUT2D eigenvalue weighted by Gasteiger charge is -2.18. The van der Waals surface area contributed by atoms with E-state index in [0.29, 0.717) is 11.7 Å². The van der Waals surface area contributed by atoms with E-state index in [-0.39, 0.29) is 0 Å². The molecule has 0 aromatic carbocycles. The number of hydrogen-bond donors (Lipinski definition) is 0. The zero-order valence-corrected chi connectivity index (χ0v) is 10.9. The van der Waals surface area contributed by atoms with Gasteiger partial charge in [-0.15, -0.1) is 0 Å². The summed E-state index contributed by atoms with van der Waals surface area (Å²) in [6.45, 7) is 4.47. The summed E-state index contributed by atoms with van der Waals surface area (Å²) in [6.07, 6.45) is 12.9. The zero-order valence-electron chi connectivity index (χ0n) is 10.9. The lowest BCUT2D eigenvalue weighted by Crippen LogP contribution is -2.13. The number of rotatable bonds is 6. The van der Waals surface area contributed by atoms with Crippen LogP contribution in [0.25, 0.3) is 0 Å². The standard InChI is InChI=1S/C15H26O/c1-3-4-5-6-8-13(2)11-14-9-7-10-15(16)12-14/h11,14H,3-10,12H2,1-2H3/b13-11+. The second-order valence-corrected chi connectivity index (χ2v) is 5.22. The molecule has 0 N–H and O–H groups in total. The fourth-order valence-corrected chi connectivity index (χ4v) is 2.52. The zero-order chi connectivity index (χ0) is 11.8. The second-order valence-electron chi connectivity index (χ2n) is 5.22. The molecule has 0 amide bonds. The summed E-state index contributed by atoms with van der Waals surface area (Å²) in [5.74, 6) is 1.01. The van der Waals surface area contributed by atoms with E-state index in [0.717, 1.165) is 19.3 Å². The van der Waals surface area contributed by atoms with Gasteiger partial charge in [-0.2, -0.15) is 0 Å². The number of ketones is 1. The smallest absolute Gasteiger partial charge is 0.133 e. The van der Waals surface area contributed by atoms with Gasteiger partial charge < -0.3 is 0 Å². The van der Waals surface area contributed by atoms with Crippen LogP contribution in [0.2, 0.25) is 0 Å². The van der Waals surface area contributed by atoms with Gasteiger partial charge in [0.1, 0.15) is 5.78 Å². The Morgan fingerprint density at radius 2 is 2.19 bits per heavy atom. The topological polar surface area (TPSA) is 17.1 Å². The molecule has 0 aromatic rings. The molecule has 0 aliphatic heterocycles. The minimum atomic E-state index is 0.464. The van der Waals surface area contributed by atoms with Crippen molar-refractivity contribution in [3.05, 3.63) is 11.6 Å². The largest absolute Gasteiger partial charge is 0.300 e. The Bertz CT molecular complexity index is 240. The summed E-state index contributed by atoms with van der Waals surface area (Å²) < 4.78 is 0. The van der Waals surface area contributed by atoms with E-state index in [4.69, 9.17) is 0 Å². The van der Waals surface area contributed by atoms with Crippen molar-refractivity contribution in [3.63, 3.8) is 0 Å². The molecule has 0 aromatic heterocycles. The number of Topliss-reactive ketones (excluding diaryl/α,β-unsaturated/α-hetero) is 1. The van der Waals surface area contributed by atoms with Gasteiger partial charge in [-0.05, 0) is 38.5 Å². The lowest BCUT2D eigenvalue weighted by molar-refractivity contribution is -0.121. The SMILES string of the molecule is CCCCCC/C(C)=C/C1CCCC(=O)C1. The van der Waals surface area contributed by atoms with E-state index < -0.39 is 0 Å². The molecule has 16 heavy (non-hydrogen) atoms. The molecule has 0 heterocycles. The molecule has 0 radical (unpaired) electrons. The molecule has 0 bridgehead atoms. The highest BCUT2D eigenvalue weighted by atomic mass is 16.1. The Morgan fingerprint density at radius 1 is 1.38 bits per heavy atom. The Morgan fingerprint density at radius 3 is 2.88 bits per heavy atom. The molecule has 1 heteroatoms. The van der Waals surface area contributed by atoms with Crippen LogP contribution in [0.1, 0.15) is 71.6 Å². The fourth-order valence-electron chi connectivity index (χ4n) is 2.52. The molecule has 1 aliphatic carbocycles. The van der Waals surface area contributed by atoms with Crippen molar-refractivity contribution in [2.45, 2.75) is 71.6 Å². The predicted molar refractivity (Wildman–Crippen MR) is 69.5 cm³/mol. The van der Waals surface area contributed by atoms with Gasteiger partial charge in [0, 0.05) is 12.8 Å². The average Bonchev–Trinajstić information content (AvgIpc) is 2.24. The van der Waals surface area contributed by atoms with Crippen LogP contribution in [-0.2, 0) is 4.79 Å². The Balaban J connectivity index is 2.23. The summed E-state index contributed by atoms with van der Waals surface area (Å²) >= 11 is 0. The first kappa shape index (κ1) is 13.5. The minimum absolute atomic E-state index is 0.464. The van der Waals surface area contributed by atoms with Crippen LogP contribution >= 0.6 is 0 Å². The Hall–Kier alpha value is -0.590. The van der Waals surface area contributed by atoms with Crippen molar-refractivity contribution in [3.8, 4) is 0 Å². The average molecular weight is 222 g/mol. The normalized spacial score (nSPS) is 22.5. The van der Waals surface area contributed by atoms with Gasteiger partial charge in [-0.1, -0.05) is 37.8 Å². The number of hydrogen-bond acceptors (Lipinski definition) is 1. The van der Waals surface area contributed by atoms with Crippen LogP contribution < -0.4 is 0 Å². The van der Waals surface area contributed by atoms with Gasteiger partial charge in [0.2, 0.25) is 0 Å². The van der Waals surface area contributed by atoms with Gasteiger partial charge in [-0.25, -0.2) is 0 Å². The quantitative estimate of drug-likeness (QED) is 0.472. The van der Waals surface area contributed by atoms with Crippen LogP contribution in [0.15, 0.2) is 11.6 Å². The van der Waals surface area contributed by atoms with Crippen molar-refractivity contribution in [2.75, 3.05) is 0 Å². The van der Waals surface area contributed by atoms with Crippen LogP contribution in [0, 0.1) is 5.92 Å². The number of allylic oxidation sites excluding steroid dienone is 2. The van der Waals surface area contributed by atoms with Crippen molar-refractivity contribution in [2.24, 2.45) is 5.92 Å². The monoisotopic (exact) mass is 222 g/mol. The highest BCUT2D eigenvalue weighted by Gasteiger charge is 2.17. The third kappa shape index (κ3) is 5.48. The maximum Gasteiger partial charge on any atom is 0.133 e. The van der Waals surface area contributed by atoms with E-state index in [9.17, 15) is 4.79 Å². The molecular formula is C15H26O. The molecule has 0 saturated heterocycles. The third-order valence-electron chi connectivity index (χ3n) is 3.47. The van der Waals surface area contributed by atoms with Crippen LogP contribution in [0.5, 0.6) is 0 Å². The highest BCUT2D eigenvalue weighted by Crippen LogP contribution is 2.24. The summed E-state index contributed by atoms with van der Waals surface area (Å²) in [5, 5.41) is 0. The molecule has 1 aliphatic rings. The summed E-state index contributed by atoms with van der Waals surface area (Å²) in [5.41, 5.74) is 1.50. The number of carbonyl (C=O) groups is 1. The van der Waals surface area contributed by atoms with E-state index >= 15 is 0 Å². The van der Waals surface area contributed by atoms with Crippen molar-refractivity contribution < 1.29 is 4.79 Å². The van der Waals surface area contributed by atoms with E-state index in [1.165, 1.54) is 44.1 Å². The molecule has 92 valence electrons. The highest BCUT2D eigenvalue weighted by molar-refractivity contribution is 5.79. The summed E-state index contributed by atoms with van der Waals surface area (Å²) in [7, 11) is 0. The number of unbranched alkanes of at least 4 members (excludes halogenated alkanes) is 3. The Kier molecular flexibility index (Phi) is 6.44. The van der Waals surface area contributed by atoms with Crippen LogP contribution in [0.4, 0.5) is 0 Å². The Labute approximate surface area is 100 Å². The molecule has 1 atom stereocenters. The maximum absolute atomic E-state index is 11.3. The van der Waals surface area contributed by atoms with E-state index in [2.05, 4.69) is 19.9 Å². The van der Waals surface area contributed by atoms with Gasteiger partial charge in [0.05, 0.1) is 0 Å². The number of carbonyl (C=O) groups excluding carboxylic acids is 1. The molecule has 1 unspecified atom stereocenters. The predicted octanol–water partition coefficient (Wildman–Crippen LogP) is 4.66. The molecular weight excluding hydrogens is 196 g/mol. The van der Waals surface area contributed by atoms with Gasteiger partial charge >= 0.3 is 0 Å². The van der Waals surface area contributed by atoms with Crippen molar-refractivity contribution in [1.82, 2.24) is 0 Å². The first-order chi connectivity index (χ1) is 7.72. The second kappa shape index (κ2) is 7.65. The molecule has 1 rings (SSSR count). The minimum Gasteiger partial charge on any atom is -0.300 e. The van der Waals surface area contributed by atoms with E-state index in [1.807, 2.05) is 0 Å². The third-order valence-corrected chi connectivity index (χ3v) is 3.47. The fraction of sp³-hybridized carbons (Fsp3) is 0.800. The first-order valence-corrected chi connectivity index (χ1v) is 6.91.